The first-order valence-corrected chi connectivity index (χ1v) is 9.26. The standard InChI is InChI=1S/C20H17F3N4O3/c21-20(22,23)30-14-5-3-4-13(12-14)18(29)26-8-10-27(11-9-26)19-24-16-7-2-1-6-15(16)17(28)25-19/h1-7,12,15H,8-11H2. The van der Waals surface area contributed by atoms with E-state index in [0.717, 1.165) is 12.1 Å². The highest BCUT2D eigenvalue weighted by Gasteiger charge is 2.32. The number of rotatable bonds is 2. The van der Waals surface area contributed by atoms with Gasteiger partial charge in [0, 0.05) is 31.7 Å². The number of ether oxygens (including phenoxy) is 1. The van der Waals surface area contributed by atoms with Crippen LogP contribution in [0.1, 0.15) is 10.4 Å². The topological polar surface area (TPSA) is 74.6 Å². The molecular weight excluding hydrogens is 401 g/mol. The molecule has 2 aliphatic heterocycles. The average Bonchev–Trinajstić information content (AvgIpc) is 2.72. The van der Waals surface area contributed by atoms with Crippen molar-refractivity contribution in [3.05, 3.63) is 54.1 Å². The number of piperazine rings is 1. The minimum Gasteiger partial charge on any atom is -0.406 e. The van der Waals surface area contributed by atoms with Crippen LogP contribution < -0.4 is 4.74 Å². The second-order valence-corrected chi connectivity index (χ2v) is 6.86. The van der Waals surface area contributed by atoms with Crippen LogP contribution in [0.2, 0.25) is 0 Å². The highest BCUT2D eigenvalue weighted by atomic mass is 19.4. The molecule has 0 radical (unpaired) electrons. The van der Waals surface area contributed by atoms with Gasteiger partial charge in [0.05, 0.1) is 5.71 Å². The van der Waals surface area contributed by atoms with Gasteiger partial charge in [-0.3, -0.25) is 9.59 Å². The molecule has 1 aromatic carbocycles. The molecule has 156 valence electrons. The summed E-state index contributed by atoms with van der Waals surface area (Å²) in [5, 5.41) is 0. The summed E-state index contributed by atoms with van der Waals surface area (Å²) in [5.74, 6) is -1.25. The van der Waals surface area contributed by atoms with Gasteiger partial charge in [0.25, 0.3) is 11.8 Å². The van der Waals surface area contributed by atoms with E-state index in [0.29, 0.717) is 37.9 Å². The van der Waals surface area contributed by atoms with Gasteiger partial charge in [-0.1, -0.05) is 24.3 Å². The van der Waals surface area contributed by atoms with E-state index in [9.17, 15) is 22.8 Å². The number of carbonyl (C=O) groups excluding carboxylic acids is 2. The van der Waals surface area contributed by atoms with Crippen molar-refractivity contribution in [2.75, 3.05) is 26.2 Å². The van der Waals surface area contributed by atoms with E-state index >= 15 is 0 Å². The fourth-order valence-corrected chi connectivity index (χ4v) is 3.42. The SMILES string of the molecule is O=C1N=C(N2CCN(C(=O)c3cccc(OC(F)(F)F)c3)CC2)N=C2C=CC=CC12. The number of hydrogen-bond donors (Lipinski definition) is 0. The molecule has 0 aromatic heterocycles. The third-order valence-corrected chi connectivity index (χ3v) is 4.87. The predicted molar refractivity (Wildman–Crippen MR) is 102 cm³/mol. The maximum atomic E-state index is 12.7. The van der Waals surface area contributed by atoms with Crippen LogP contribution in [0.15, 0.2) is 58.6 Å². The summed E-state index contributed by atoms with van der Waals surface area (Å²) in [5.41, 5.74) is 0.741. The van der Waals surface area contributed by atoms with E-state index in [1.165, 1.54) is 17.0 Å². The smallest absolute Gasteiger partial charge is 0.406 e. The molecule has 3 aliphatic rings. The van der Waals surface area contributed by atoms with E-state index in [1.54, 1.807) is 24.3 Å². The van der Waals surface area contributed by atoms with Gasteiger partial charge in [-0.15, -0.1) is 13.2 Å². The summed E-state index contributed by atoms with van der Waals surface area (Å²) in [6.45, 7) is 1.44. The van der Waals surface area contributed by atoms with Crippen LogP contribution in [0.25, 0.3) is 0 Å². The van der Waals surface area contributed by atoms with Crippen molar-refractivity contribution in [3.63, 3.8) is 0 Å². The van der Waals surface area contributed by atoms with E-state index in [-0.39, 0.29) is 11.5 Å². The van der Waals surface area contributed by atoms with Gasteiger partial charge in [0.15, 0.2) is 0 Å². The van der Waals surface area contributed by atoms with Crippen molar-refractivity contribution in [1.82, 2.24) is 9.80 Å². The second kappa shape index (κ2) is 7.77. The molecule has 2 amide bonds. The van der Waals surface area contributed by atoms with Gasteiger partial charge >= 0.3 is 6.36 Å². The van der Waals surface area contributed by atoms with E-state index in [4.69, 9.17) is 0 Å². The molecule has 1 saturated heterocycles. The Bertz CT molecular complexity index is 989. The number of amides is 2. The zero-order chi connectivity index (χ0) is 21.3. The molecule has 4 rings (SSSR count). The summed E-state index contributed by atoms with van der Waals surface area (Å²) in [6, 6.07) is 4.99. The largest absolute Gasteiger partial charge is 0.573 e. The third-order valence-electron chi connectivity index (χ3n) is 4.87. The minimum atomic E-state index is -4.82. The number of allylic oxidation sites excluding steroid dienone is 3. The Morgan fingerprint density at radius 1 is 1.10 bits per heavy atom. The molecule has 1 atom stereocenters. The molecule has 0 N–H and O–H groups in total. The normalized spacial score (nSPS) is 21.2. The second-order valence-electron chi connectivity index (χ2n) is 6.86. The van der Waals surface area contributed by atoms with Crippen molar-refractivity contribution in [2.45, 2.75) is 6.36 Å². The number of alkyl halides is 3. The van der Waals surface area contributed by atoms with E-state index in [1.807, 2.05) is 4.90 Å². The first-order chi connectivity index (χ1) is 14.3. The lowest BCUT2D eigenvalue weighted by molar-refractivity contribution is -0.274. The van der Waals surface area contributed by atoms with Gasteiger partial charge in [-0.05, 0) is 24.3 Å². The first kappa shape index (κ1) is 19.9. The Morgan fingerprint density at radius 2 is 1.87 bits per heavy atom. The van der Waals surface area contributed by atoms with Crippen LogP contribution in [-0.4, -0.2) is 65.8 Å². The van der Waals surface area contributed by atoms with Crippen LogP contribution in [0, 0.1) is 5.92 Å². The van der Waals surface area contributed by atoms with Crippen LogP contribution in [0.3, 0.4) is 0 Å². The minimum absolute atomic E-state index is 0.109. The Balaban J connectivity index is 1.40. The monoisotopic (exact) mass is 418 g/mol. The summed E-state index contributed by atoms with van der Waals surface area (Å²) in [7, 11) is 0. The van der Waals surface area contributed by atoms with Crippen molar-refractivity contribution in [2.24, 2.45) is 15.9 Å². The Kier molecular flexibility index (Phi) is 5.15. The molecule has 0 spiro atoms. The van der Waals surface area contributed by atoms with Gasteiger partial charge in [0.2, 0.25) is 5.96 Å². The van der Waals surface area contributed by atoms with Gasteiger partial charge in [0.1, 0.15) is 11.7 Å². The molecule has 30 heavy (non-hydrogen) atoms. The van der Waals surface area contributed by atoms with Crippen molar-refractivity contribution < 1.29 is 27.5 Å². The quantitative estimate of drug-likeness (QED) is 0.740. The van der Waals surface area contributed by atoms with Crippen LogP contribution in [0.5, 0.6) is 5.75 Å². The zero-order valence-corrected chi connectivity index (χ0v) is 15.7. The molecular formula is C20H17F3N4O3. The highest BCUT2D eigenvalue weighted by Crippen LogP contribution is 2.24. The molecule has 10 heteroatoms. The lowest BCUT2D eigenvalue weighted by atomic mass is 9.97. The van der Waals surface area contributed by atoms with Crippen molar-refractivity contribution >= 4 is 23.5 Å². The zero-order valence-electron chi connectivity index (χ0n) is 15.7. The predicted octanol–water partition coefficient (Wildman–Crippen LogP) is 2.42. The average molecular weight is 418 g/mol. The number of fused-ring (bicyclic) bond motifs is 1. The fourth-order valence-electron chi connectivity index (χ4n) is 3.42. The lowest BCUT2D eigenvalue weighted by Crippen LogP contribution is -2.51. The van der Waals surface area contributed by atoms with Crippen molar-refractivity contribution in [1.29, 1.82) is 0 Å². The number of benzene rings is 1. The summed E-state index contributed by atoms with van der Waals surface area (Å²) in [6.07, 6.45) is 2.27. The number of carbonyl (C=O) groups is 2. The molecule has 1 fully saturated rings. The lowest BCUT2D eigenvalue weighted by Gasteiger charge is -2.36. The molecule has 1 aliphatic carbocycles. The molecule has 1 unspecified atom stereocenters. The highest BCUT2D eigenvalue weighted by molar-refractivity contribution is 6.21. The maximum Gasteiger partial charge on any atom is 0.573 e. The van der Waals surface area contributed by atoms with Gasteiger partial charge in [-0.25, -0.2) is 4.99 Å². The number of aliphatic imine (C=N–C) groups is 2. The first-order valence-electron chi connectivity index (χ1n) is 9.26. The van der Waals surface area contributed by atoms with Crippen LogP contribution in [0.4, 0.5) is 13.2 Å². The number of halogens is 3. The van der Waals surface area contributed by atoms with E-state index < -0.39 is 23.9 Å². The number of nitrogens with zero attached hydrogens (tertiary/aromatic N) is 4. The maximum absolute atomic E-state index is 12.7. The Hall–Kier alpha value is -3.43. The molecule has 1 aromatic rings. The third kappa shape index (κ3) is 4.27. The molecule has 2 heterocycles. The fraction of sp³-hybridized carbons (Fsp3) is 0.300. The summed E-state index contributed by atoms with van der Waals surface area (Å²) >= 11 is 0. The Morgan fingerprint density at radius 3 is 2.60 bits per heavy atom. The molecule has 7 nitrogen and oxygen atoms in total. The van der Waals surface area contributed by atoms with Gasteiger partial charge in [-0.2, -0.15) is 4.99 Å². The van der Waals surface area contributed by atoms with Crippen LogP contribution >= 0.6 is 0 Å². The van der Waals surface area contributed by atoms with Crippen LogP contribution in [-0.2, 0) is 4.79 Å². The summed E-state index contributed by atoms with van der Waals surface area (Å²) < 4.78 is 41.1. The Labute approximate surface area is 169 Å². The number of hydrogen-bond acceptors (Lipinski definition) is 5. The van der Waals surface area contributed by atoms with E-state index in [2.05, 4.69) is 14.7 Å². The number of guanidine groups is 1. The van der Waals surface area contributed by atoms with Crippen molar-refractivity contribution in [3.8, 4) is 5.75 Å². The van der Waals surface area contributed by atoms with Gasteiger partial charge < -0.3 is 14.5 Å². The molecule has 0 bridgehead atoms. The summed E-state index contributed by atoms with van der Waals surface area (Å²) in [4.78, 5) is 36.8. The molecule has 0 saturated carbocycles.